The Balaban J connectivity index is 1.59. The Bertz CT molecular complexity index is 935. The Kier molecular flexibility index (Phi) is 5.74. The van der Waals surface area contributed by atoms with E-state index in [0.717, 1.165) is 5.56 Å². The van der Waals surface area contributed by atoms with Gasteiger partial charge >= 0.3 is 0 Å². The summed E-state index contributed by atoms with van der Waals surface area (Å²) >= 11 is 6.46. The molecule has 8 nitrogen and oxygen atoms in total. The maximum atomic E-state index is 11.9. The second-order valence-corrected chi connectivity index (χ2v) is 6.84. The normalized spacial score (nSPS) is 11.0. The predicted octanol–water partition coefficient (Wildman–Crippen LogP) is 2.72. The molecule has 2 N–H and O–H groups in total. The average Bonchev–Trinajstić information content (AvgIpc) is 3.09. The number of nitrogens with one attached hydrogen (secondary N) is 1. The highest BCUT2D eigenvalue weighted by Gasteiger charge is 2.09. The van der Waals surface area contributed by atoms with Gasteiger partial charge in [-0.15, -0.1) is 10.2 Å². The molecule has 0 bridgehead atoms. The van der Waals surface area contributed by atoms with Crippen LogP contribution in [0.5, 0.6) is 5.75 Å². The maximum absolute atomic E-state index is 11.9. The number of phenolic OH excluding ortho intramolecular Hbond substituents is 1. The minimum atomic E-state index is -0.393. The summed E-state index contributed by atoms with van der Waals surface area (Å²) in [5.41, 5.74) is 3.90. The number of hydrogen-bond acceptors (Lipinski definition) is 6. The molecular weight excluding hydrogens is 468 g/mol. The van der Waals surface area contributed by atoms with E-state index in [1.54, 1.807) is 12.1 Å². The van der Waals surface area contributed by atoms with Crippen molar-refractivity contribution >= 4 is 44.0 Å². The van der Waals surface area contributed by atoms with Crippen LogP contribution in [0.2, 0.25) is 0 Å². The summed E-state index contributed by atoms with van der Waals surface area (Å²) in [4.78, 5) is 13.1. The highest BCUT2D eigenvalue weighted by atomic mass is 79.9. The summed E-state index contributed by atoms with van der Waals surface area (Å²) < 4.78 is 1.03. The molecule has 0 radical (unpaired) electrons. The summed E-state index contributed by atoms with van der Waals surface area (Å²) in [6.45, 7) is -0.111. The van der Waals surface area contributed by atoms with E-state index in [1.807, 2.05) is 30.3 Å². The molecule has 3 aromatic rings. The molecule has 0 atom stereocenters. The van der Waals surface area contributed by atoms with Crippen LogP contribution >= 0.6 is 31.9 Å². The molecule has 0 saturated carbocycles. The number of aromatic hydroxyl groups is 1. The van der Waals surface area contributed by atoms with Crippen LogP contribution in [0.4, 0.5) is 0 Å². The molecule has 0 saturated heterocycles. The highest BCUT2D eigenvalue weighted by Crippen LogP contribution is 2.32. The topological polar surface area (TPSA) is 105 Å². The number of phenols is 1. The largest absolute Gasteiger partial charge is 0.506 e. The van der Waals surface area contributed by atoms with Crippen LogP contribution in [0.3, 0.4) is 0 Å². The fraction of sp³-hybridized carbons (Fsp3) is 0.0625. The number of benzene rings is 2. The van der Waals surface area contributed by atoms with E-state index in [9.17, 15) is 9.90 Å². The zero-order chi connectivity index (χ0) is 18.5. The molecule has 0 aliphatic rings. The van der Waals surface area contributed by atoms with Crippen molar-refractivity contribution in [2.45, 2.75) is 6.54 Å². The van der Waals surface area contributed by atoms with Crippen LogP contribution < -0.4 is 5.43 Å². The Morgan fingerprint density at radius 2 is 1.92 bits per heavy atom. The van der Waals surface area contributed by atoms with Crippen LogP contribution in [0, 0.1) is 0 Å². The highest BCUT2D eigenvalue weighted by molar-refractivity contribution is 9.11. The Hall–Kier alpha value is -2.59. The summed E-state index contributed by atoms with van der Waals surface area (Å²) in [5.74, 6) is 0.147. The van der Waals surface area contributed by atoms with E-state index >= 15 is 0 Å². The van der Waals surface area contributed by atoms with E-state index in [4.69, 9.17) is 0 Å². The molecule has 0 spiro atoms. The van der Waals surface area contributed by atoms with Crippen LogP contribution in [0.25, 0.3) is 11.4 Å². The fourth-order valence-corrected chi connectivity index (χ4v) is 3.24. The molecule has 10 heteroatoms. The second-order valence-electron chi connectivity index (χ2n) is 5.14. The van der Waals surface area contributed by atoms with Gasteiger partial charge in [0.05, 0.1) is 15.2 Å². The van der Waals surface area contributed by atoms with Gasteiger partial charge in [0.25, 0.3) is 5.91 Å². The van der Waals surface area contributed by atoms with Crippen molar-refractivity contribution in [1.82, 2.24) is 25.6 Å². The number of halogens is 2. The summed E-state index contributed by atoms with van der Waals surface area (Å²) in [6, 6.07) is 12.7. The molecule has 1 amide bonds. The van der Waals surface area contributed by atoms with E-state index in [1.165, 1.54) is 11.0 Å². The molecule has 1 aromatic heterocycles. The molecule has 26 heavy (non-hydrogen) atoms. The Morgan fingerprint density at radius 1 is 1.23 bits per heavy atom. The van der Waals surface area contributed by atoms with Crippen molar-refractivity contribution in [2.75, 3.05) is 0 Å². The molecule has 0 unspecified atom stereocenters. The van der Waals surface area contributed by atoms with Crippen molar-refractivity contribution in [2.24, 2.45) is 5.10 Å². The lowest BCUT2D eigenvalue weighted by Crippen LogP contribution is -2.24. The van der Waals surface area contributed by atoms with Gasteiger partial charge in [0, 0.05) is 5.56 Å². The van der Waals surface area contributed by atoms with Crippen molar-refractivity contribution in [1.29, 1.82) is 0 Å². The van der Waals surface area contributed by atoms with Crippen LogP contribution in [0.15, 0.2) is 56.5 Å². The van der Waals surface area contributed by atoms with E-state index in [-0.39, 0.29) is 12.3 Å². The predicted molar refractivity (Wildman–Crippen MR) is 102 cm³/mol. The smallest absolute Gasteiger partial charge is 0.263 e. The number of nitrogens with zero attached hydrogens (tertiary/aromatic N) is 5. The standard InChI is InChI=1S/C16H12Br2N6O2/c17-12-6-10(7-13(18)15(12)26)8-19-20-14(25)9-24-22-16(21-23-24)11-4-2-1-3-5-11/h1-8,26H,9H2,(H,20,25)/b19-8-. The average molecular weight is 480 g/mol. The third-order valence-corrected chi connectivity index (χ3v) is 4.42. The zero-order valence-electron chi connectivity index (χ0n) is 13.2. The number of aromatic nitrogens is 4. The third kappa shape index (κ3) is 4.52. The lowest BCUT2D eigenvalue weighted by molar-refractivity contribution is -0.122. The molecule has 3 rings (SSSR count). The van der Waals surface area contributed by atoms with Gasteiger partial charge in [-0.3, -0.25) is 4.79 Å². The number of amides is 1. The monoisotopic (exact) mass is 478 g/mol. The van der Waals surface area contributed by atoms with Gasteiger partial charge in [-0.1, -0.05) is 30.3 Å². The summed E-state index contributed by atoms with van der Waals surface area (Å²) in [5, 5.41) is 25.5. The van der Waals surface area contributed by atoms with Gasteiger partial charge in [-0.05, 0) is 54.8 Å². The van der Waals surface area contributed by atoms with E-state index in [0.29, 0.717) is 20.3 Å². The first kappa shape index (κ1) is 18.2. The van der Waals surface area contributed by atoms with Gasteiger partial charge < -0.3 is 5.11 Å². The molecule has 2 aromatic carbocycles. The molecule has 0 aliphatic heterocycles. The van der Waals surface area contributed by atoms with Gasteiger partial charge in [-0.25, -0.2) is 5.43 Å². The summed E-state index contributed by atoms with van der Waals surface area (Å²) in [6.07, 6.45) is 1.46. The molecular formula is C16H12Br2N6O2. The van der Waals surface area contributed by atoms with Crippen molar-refractivity contribution in [3.8, 4) is 17.1 Å². The van der Waals surface area contributed by atoms with Crippen molar-refractivity contribution in [3.05, 3.63) is 57.0 Å². The van der Waals surface area contributed by atoms with Gasteiger partial charge in [0.2, 0.25) is 5.82 Å². The minimum absolute atomic E-state index is 0.0951. The maximum Gasteiger partial charge on any atom is 0.263 e. The van der Waals surface area contributed by atoms with Crippen molar-refractivity contribution < 1.29 is 9.90 Å². The number of carbonyl (C=O) groups excluding carboxylic acids is 1. The first-order chi connectivity index (χ1) is 12.5. The zero-order valence-corrected chi connectivity index (χ0v) is 16.3. The number of carbonyl (C=O) groups is 1. The molecule has 132 valence electrons. The molecule has 0 fully saturated rings. The quantitative estimate of drug-likeness (QED) is 0.432. The third-order valence-electron chi connectivity index (χ3n) is 3.21. The van der Waals surface area contributed by atoms with E-state index in [2.05, 4.69) is 57.8 Å². The number of tetrazole rings is 1. The van der Waals surface area contributed by atoms with E-state index < -0.39 is 5.91 Å². The van der Waals surface area contributed by atoms with Gasteiger partial charge in [0.1, 0.15) is 12.3 Å². The minimum Gasteiger partial charge on any atom is -0.506 e. The van der Waals surface area contributed by atoms with Gasteiger partial charge in [0.15, 0.2) is 0 Å². The number of hydrogen-bond donors (Lipinski definition) is 2. The first-order valence-corrected chi connectivity index (χ1v) is 8.94. The summed E-state index contributed by atoms with van der Waals surface area (Å²) in [7, 11) is 0. The van der Waals surface area contributed by atoms with Gasteiger partial charge in [-0.2, -0.15) is 9.90 Å². The lowest BCUT2D eigenvalue weighted by Gasteiger charge is -2.02. The second kappa shape index (κ2) is 8.19. The SMILES string of the molecule is O=C(Cn1nnc(-c2ccccc2)n1)N/N=C\c1cc(Br)c(O)c(Br)c1. The van der Waals surface area contributed by atoms with Crippen LogP contribution in [0.1, 0.15) is 5.56 Å². The molecule has 1 heterocycles. The van der Waals surface area contributed by atoms with Crippen LogP contribution in [-0.4, -0.2) is 37.4 Å². The Morgan fingerprint density at radius 3 is 2.62 bits per heavy atom. The Labute approximate surface area is 165 Å². The number of rotatable bonds is 5. The first-order valence-electron chi connectivity index (χ1n) is 7.36. The van der Waals surface area contributed by atoms with Crippen molar-refractivity contribution in [3.63, 3.8) is 0 Å². The lowest BCUT2D eigenvalue weighted by atomic mass is 10.2. The molecule has 0 aliphatic carbocycles. The fourth-order valence-electron chi connectivity index (χ4n) is 2.02. The number of hydrazone groups is 1. The van der Waals surface area contributed by atoms with Crippen LogP contribution in [-0.2, 0) is 11.3 Å².